The van der Waals surface area contributed by atoms with E-state index in [1.807, 2.05) is 62.3 Å². The van der Waals surface area contributed by atoms with Crippen LogP contribution in [0.3, 0.4) is 0 Å². The lowest BCUT2D eigenvalue weighted by Crippen LogP contribution is -2.60. The van der Waals surface area contributed by atoms with E-state index < -0.39 is 40.5 Å². The second kappa shape index (κ2) is 10.3. The molecule has 9 rings (SSSR count). The van der Waals surface area contributed by atoms with Crippen molar-refractivity contribution in [2.75, 3.05) is 4.90 Å². The normalized spacial score (nSPS) is 25.2. The first-order chi connectivity index (χ1) is 27.2. The van der Waals surface area contributed by atoms with Crippen LogP contribution in [0, 0.1) is 5.92 Å². The van der Waals surface area contributed by atoms with Crippen LogP contribution in [0.2, 0.25) is 0 Å². The summed E-state index contributed by atoms with van der Waals surface area (Å²) in [6.45, 7) is 15.3. The van der Waals surface area contributed by atoms with Crippen molar-refractivity contribution in [1.82, 2.24) is 0 Å². The van der Waals surface area contributed by atoms with Gasteiger partial charge in [0, 0.05) is 17.1 Å². The molecule has 0 aromatic heterocycles. The predicted octanol–water partition coefficient (Wildman–Crippen LogP) is 10.2. The molecule has 3 aliphatic carbocycles. The van der Waals surface area contributed by atoms with Crippen molar-refractivity contribution in [2.24, 2.45) is 5.92 Å². The first-order valence-corrected chi connectivity index (χ1v) is 17.2. The van der Waals surface area contributed by atoms with Crippen molar-refractivity contribution < 1.29 is 21.2 Å². The summed E-state index contributed by atoms with van der Waals surface area (Å²) >= 11 is 0. The van der Waals surface area contributed by atoms with Crippen LogP contribution in [-0.2, 0) is 21.7 Å². The second-order valence-electron chi connectivity index (χ2n) is 17.3. The molecule has 0 amide bonds. The van der Waals surface area contributed by atoms with E-state index in [4.69, 9.17) is 6.11 Å². The van der Waals surface area contributed by atoms with Crippen molar-refractivity contribution in [1.29, 1.82) is 0 Å². The van der Waals surface area contributed by atoms with E-state index in [1.165, 1.54) is 4.90 Å². The predicted molar refractivity (Wildman–Crippen MR) is 201 cm³/mol. The average molecular weight is 634 g/mol. The molecule has 0 spiro atoms. The van der Waals surface area contributed by atoms with Crippen molar-refractivity contribution in [2.45, 2.75) is 122 Å². The van der Waals surface area contributed by atoms with Gasteiger partial charge in [0.05, 0.1) is 16.4 Å². The van der Waals surface area contributed by atoms with Gasteiger partial charge >= 0.3 is 0 Å². The molecule has 0 unspecified atom stereocenters. The number of ether oxygens (including phenoxy) is 1. The van der Waals surface area contributed by atoms with E-state index in [-0.39, 0.29) is 122 Å². The van der Waals surface area contributed by atoms with Crippen LogP contribution >= 0.6 is 0 Å². The van der Waals surface area contributed by atoms with Gasteiger partial charge in [0.15, 0.2) is 0 Å². The topological polar surface area (TPSA) is 12.5 Å². The highest BCUT2D eigenvalue weighted by Crippen LogP contribution is 2.54. The minimum atomic E-state index is -1.18. The van der Waals surface area contributed by atoms with Gasteiger partial charge in [-0.25, -0.2) is 0 Å². The SMILES string of the molecule is [2H]c1c([2H])c(C(C)(C)C)c([2H])c2c1Oc1c([2H])c(C34CCC(CC3)CC4)c([2H])c3c1B2c1c([2H])c(C(C)(C)C)c([2H])c([2H])c1N3c1c([2H])c([2H])c(C(C)(C)C)c([2H])c1[2H]. The maximum absolute atomic E-state index is 10.3. The van der Waals surface area contributed by atoms with Gasteiger partial charge < -0.3 is 9.64 Å². The molecule has 0 radical (unpaired) electrons. The van der Waals surface area contributed by atoms with Crippen molar-refractivity contribution in [3.63, 3.8) is 0 Å². The summed E-state index contributed by atoms with van der Waals surface area (Å²) in [6.07, 6.45) is 4.94. The van der Waals surface area contributed by atoms with Gasteiger partial charge in [-0.2, -0.15) is 0 Å². The molecular formula is C44H52BNO. The summed E-state index contributed by atoms with van der Waals surface area (Å²) in [5.74, 6) is 0.449. The zero-order valence-corrected chi connectivity index (χ0v) is 29.3. The van der Waals surface area contributed by atoms with Crippen LogP contribution in [-0.4, -0.2) is 6.71 Å². The largest absolute Gasteiger partial charge is 0.458 e. The molecule has 0 atom stereocenters. The third-order valence-electron chi connectivity index (χ3n) is 10.8. The Balaban J connectivity index is 1.65. The molecule has 3 fully saturated rings. The van der Waals surface area contributed by atoms with Crippen LogP contribution in [0.4, 0.5) is 17.1 Å². The Morgan fingerprint density at radius 3 is 1.79 bits per heavy atom. The smallest absolute Gasteiger partial charge is 0.256 e. The maximum Gasteiger partial charge on any atom is 0.256 e. The second-order valence-corrected chi connectivity index (χ2v) is 17.3. The molecular weight excluding hydrogens is 569 g/mol. The van der Waals surface area contributed by atoms with Crippen LogP contribution in [0.25, 0.3) is 0 Å². The molecule has 2 heterocycles. The molecule has 3 saturated carbocycles. The number of fused-ring (bicyclic) bond motifs is 7. The molecule has 0 saturated heterocycles. The fourth-order valence-electron chi connectivity index (χ4n) is 7.83. The first-order valence-electron chi connectivity index (χ1n) is 23.2. The highest BCUT2D eigenvalue weighted by molar-refractivity contribution is 6.99. The first kappa shape index (κ1) is 20.1. The van der Waals surface area contributed by atoms with Gasteiger partial charge in [-0.15, -0.1) is 0 Å². The van der Waals surface area contributed by atoms with E-state index >= 15 is 0 Å². The van der Waals surface area contributed by atoms with Gasteiger partial charge in [0.1, 0.15) is 11.5 Å². The molecule has 47 heavy (non-hydrogen) atoms. The van der Waals surface area contributed by atoms with E-state index in [2.05, 4.69) is 0 Å². The monoisotopic (exact) mass is 633 g/mol. The number of benzene rings is 4. The zero-order chi connectivity index (χ0) is 43.5. The summed E-state index contributed by atoms with van der Waals surface area (Å²) in [4.78, 5) is 1.38. The molecule has 242 valence electrons. The molecule has 2 nitrogen and oxygen atoms in total. The molecule has 4 aromatic carbocycles. The minimum absolute atomic E-state index is 0.00298. The molecule has 5 aliphatic rings. The van der Waals surface area contributed by atoms with Crippen LogP contribution in [0.15, 0.2) is 72.5 Å². The number of anilines is 3. The lowest BCUT2D eigenvalue weighted by molar-refractivity contribution is 0.136. The van der Waals surface area contributed by atoms with Crippen molar-refractivity contribution >= 4 is 40.2 Å². The standard InChI is InChI=1S/C44H52BNO/c1-41(2,3)29-10-14-33(15-11-29)46-36-16-12-30(42(4,5)6)24-34(36)45-35-25-31(43(7,8)9)13-17-38(35)47-39-27-32(26-37(46)40(39)45)44-21-18-28(19-22-44)20-23-44/h10-17,24-28H,18-23H2,1-9H3/i10D,11D,12D,13D,14D,15D,16D,17D,24D,25D,26D,27D. The number of nitrogens with zero attached hydrogens (tertiary/aromatic N) is 1. The summed E-state index contributed by atoms with van der Waals surface area (Å²) in [6, 6.07) is -2.89. The number of hydrogen-bond donors (Lipinski definition) is 0. The molecule has 2 aliphatic heterocycles. The Hall–Kier alpha value is -3.46. The Morgan fingerprint density at radius 2 is 1.19 bits per heavy atom. The van der Waals surface area contributed by atoms with E-state index in [0.717, 1.165) is 38.5 Å². The van der Waals surface area contributed by atoms with Gasteiger partial charge in [-0.3, -0.25) is 0 Å². The molecule has 0 N–H and O–H groups in total. The van der Waals surface area contributed by atoms with E-state index in [0.29, 0.717) is 11.5 Å². The molecule has 2 bridgehead atoms. The van der Waals surface area contributed by atoms with E-state index in [9.17, 15) is 15.1 Å². The fraction of sp³-hybridized carbons (Fsp3) is 0.455. The van der Waals surface area contributed by atoms with Gasteiger partial charge in [-0.05, 0) is 141 Å². The van der Waals surface area contributed by atoms with E-state index in [1.54, 1.807) is 0 Å². The molecule has 3 heteroatoms. The lowest BCUT2D eigenvalue weighted by Gasteiger charge is -2.48. The Morgan fingerprint density at radius 1 is 0.638 bits per heavy atom. The highest BCUT2D eigenvalue weighted by atomic mass is 16.5. The molecule has 4 aromatic rings. The Labute approximate surface area is 300 Å². The van der Waals surface area contributed by atoms with Crippen molar-refractivity contribution in [3.8, 4) is 11.5 Å². The number of hydrogen-bond acceptors (Lipinski definition) is 2. The maximum atomic E-state index is 10.3. The van der Waals surface area contributed by atoms with Crippen molar-refractivity contribution in [3.05, 3.63) is 94.8 Å². The Kier molecular flexibility index (Phi) is 4.40. The summed E-state index contributed by atoms with van der Waals surface area (Å²) in [5, 5.41) is 0. The average Bonchev–Trinajstić information content (AvgIpc) is 3.13. The third kappa shape index (κ3) is 4.98. The van der Waals surface area contributed by atoms with Gasteiger partial charge in [0.25, 0.3) is 6.71 Å². The van der Waals surface area contributed by atoms with Crippen LogP contribution in [0.5, 0.6) is 11.5 Å². The summed E-state index contributed by atoms with van der Waals surface area (Å²) < 4.78 is 123. The third-order valence-corrected chi connectivity index (χ3v) is 10.8. The summed E-state index contributed by atoms with van der Waals surface area (Å²) in [7, 11) is 0. The van der Waals surface area contributed by atoms with Gasteiger partial charge in [-0.1, -0.05) is 98.6 Å². The lowest BCUT2D eigenvalue weighted by atomic mass is 9.33. The zero-order valence-electron chi connectivity index (χ0n) is 41.3. The summed E-state index contributed by atoms with van der Waals surface area (Å²) in [5.41, 5.74) is -1.67. The minimum Gasteiger partial charge on any atom is -0.458 e. The number of rotatable bonds is 2. The Bertz CT molecular complexity index is 2500. The van der Waals surface area contributed by atoms with Crippen LogP contribution in [0.1, 0.15) is 140 Å². The van der Waals surface area contributed by atoms with Gasteiger partial charge in [0.2, 0.25) is 0 Å². The fourth-order valence-corrected chi connectivity index (χ4v) is 7.83. The van der Waals surface area contributed by atoms with Crippen LogP contribution < -0.4 is 26.0 Å². The highest BCUT2D eigenvalue weighted by Gasteiger charge is 2.46. The quantitative estimate of drug-likeness (QED) is 0.176.